The lowest BCUT2D eigenvalue weighted by Crippen LogP contribution is -2.33. The molecule has 0 saturated carbocycles. The van der Waals surface area contributed by atoms with E-state index in [1.807, 2.05) is 18.2 Å². The molecule has 2 nitrogen and oxygen atoms in total. The van der Waals surface area contributed by atoms with Gasteiger partial charge in [0.1, 0.15) is 0 Å². The summed E-state index contributed by atoms with van der Waals surface area (Å²) < 4.78 is 0. The van der Waals surface area contributed by atoms with Gasteiger partial charge in [0, 0.05) is 24.9 Å². The minimum absolute atomic E-state index is 0.00622. The Balaban J connectivity index is 2.49. The number of ketones is 1. The number of hydrogen-bond donors (Lipinski definition) is 0. The van der Waals surface area contributed by atoms with E-state index in [4.69, 9.17) is 0 Å². The smallest absolute Gasteiger partial charge is 0.185 e. The molecule has 0 fully saturated rings. The molecule has 0 atom stereocenters. The van der Waals surface area contributed by atoms with Gasteiger partial charge in [0.05, 0.1) is 0 Å². The summed E-state index contributed by atoms with van der Waals surface area (Å²) in [6, 6.07) is 7.89. The topological polar surface area (TPSA) is 20.3 Å². The first kappa shape index (κ1) is 16.5. The minimum Gasteiger partial charge on any atom is -0.377 e. The van der Waals surface area contributed by atoms with E-state index in [-0.39, 0.29) is 11.2 Å². The van der Waals surface area contributed by atoms with Crippen molar-refractivity contribution in [3.05, 3.63) is 54.2 Å². The van der Waals surface area contributed by atoms with Gasteiger partial charge in [0.2, 0.25) is 0 Å². The lowest BCUT2D eigenvalue weighted by Gasteiger charge is -2.39. The summed E-state index contributed by atoms with van der Waals surface area (Å²) in [5.74, 6) is 0.622. The fourth-order valence-corrected chi connectivity index (χ4v) is 3.07. The Labute approximate surface area is 134 Å². The van der Waals surface area contributed by atoms with E-state index in [1.54, 1.807) is 0 Å². The largest absolute Gasteiger partial charge is 0.377 e. The monoisotopic (exact) mass is 297 g/mol. The van der Waals surface area contributed by atoms with E-state index in [0.717, 1.165) is 30.6 Å². The van der Waals surface area contributed by atoms with Crippen LogP contribution in [0.15, 0.2) is 43.1 Å². The zero-order valence-corrected chi connectivity index (χ0v) is 14.2. The SMILES string of the molecule is C=CC(=O)c1ccccc1C1=CN(CC(C)C)CCC1(C)C. The van der Waals surface area contributed by atoms with E-state index in [0.29, 0.717) is 5.92 Å². The summed E-state index contributed by atoms with van der Waals surface area (Å²) in [6.45, 7) is 14.8. The molecule has 0 radical (unpaired) electrons. The molecule has 118 valence electrons. The number of carbonyl (C=O) groups is 1. The van der Waals surface area contributed by atoms with Crippen LogP contribution in [-0.2, 0) is 0 Å². The Morgan fingerprint density at radius 1 is 1.36 bits per heavy atom. The molecule has 1 aliphatic heterocycles. The number of allylic oxidation sites excluding steroid dienone is 2. The summed E-state index contributed by atoms with van der Waals surface area (Å²) in [5, 5.41) is 0. The van der Waals surface area contributed by atoms with Gasteiger partial charge in [-0.15, -0.1) is 0 Å². The average Bonchev–Trinajstić information content (AvgIpc) is 2.48. The second-order valence-corrected chi connectivity index (χ2v) is 7.18. The summed E-state index contributed by atoms with van der Waals surface area (Å²) in [4.78, 5) is 14.6. The highest BCUT2D eigenvalue weighted by Crippen LogP contribution is 2.42. The van der Waals surface area contributed by atoms with Gasteiger partial charge in [-0.2, -0.15) is 0 Å². The summed E-state index contributed by atoms with van der Waals surface area (Å²) >= 11 is 0. The third-order valence-electron chi connectivity index (χ3n) is 4.33. The van der Waals surface area contributed by atoms with Gasteiger partial charge in [-0.25, -0.2) is 0 Å². The van der Waals surface area contributed by atoms with Crippen molar-refractivity contribution in [3.63, 3.8) is 0 Å². The van der Waals surface area contributed by atoms with Crippen molar-refractivity contribution in [3.8, 4) is 0 Å². The molecule has 2 heteroatoms. The van der Waals surface area contributed by atoms with Crippen LogP contribution in [-0.4, -0.2) is 23.8 Å². The Morgan fingerprint density at radius 2 is 2.05 bits per heavy atom. The molecule has 0 unspecified atom stereocenters. The van der Waals surface area contributed by atoms with E-state index >= 15 is 0 Å². The summed E-state index contributed by atoms with van der Waals surface area (Å²) in [6.07, 6.45) is 4.77. The van der Waals surface area contributed by atoms with Gasteiger partial charge >= 0.3 is 0 Å². The van der Waals surface area contributed by atoms with Crippen molar-refractivity contribution >= 4 is 11.4 Å². The molecule has 1 aromatic rings. The van der Waals surface area contributed by atoms with Crippen LogP contribution in [0.2, 0.25) is 0 Å². The van der Waals surface area contributed by atoms with Crippen LogP contribution in [0.1, 0.15) is 50.0 Å². The van der Waals surface area contributed by atoms with Crippen LogP contribution in [0.25, 0.3) is 5.57 Å². The van der Waals surface area contributed by atoms with Gasteiger partial charge in [0.25, 0.3) is 0 Å². The van der Waals surface area contributed by atoms with Gasteiger partial charge in [-0.3, -0.25) is 4.79 Å². The molecule has 0 bridgehead atoms. The van der Waals surface area contributed by atoms with Gasteiger partial charge in [-0.1, -0.05) is 58.5 Å². The van der Waals surface area contributed by atoms with Crippen molar-refractivity contribution in [1.82, 2.24) is 4.90 Å². The fourth-order valence-electron chi connectivity index (χ4n) is 3.07. The molecule has 0 saturated heterocycles. The second-order valence-electron chi connectivity index (χ2n) is 7.18. The molecule has 0 spiro atoms. The Bertz CT molecular complexity index is 595. The highest BCUT2D eigenvalue weighted by Gasteiger charge is 2.31. The third-order valence-corrected chi connectivity index (χ3v) is 4.33. The molecule has 22 heavy (non-hydrogen) atoms. The van der Waals surface area contributed by atoms with E-state index in [1.165, 1.54) is 11.6 Å². The zero-order valence-electron chi connectivity index (χ0n) is 14.2. The number of rotatable bonds is 5. The minimum atomic E-state index is -0.00622. The predicted molar refractivity (Wildman–Crippen MR) is 93.8 cm³/mol. The van der Waals surface area contributed by atoms with Crippen LogP contribution in [0.5, 0.6) is 0 Å². The van der Waals surface area contributed by atoms with Crippen molar-refractivity contribution in [2.24, 2.45) is 11.3 Å². The highest BCUT2D eigenvalue weighted by atomic mass is 16.1. The Morgan fingerprint density at radius 3 is 2.68 bits per heavy atom. The van der Waals surface area contributed by atoms with Crippen LogP contribution >= 0.6 is 0 Å². The van der Waals surface area contributed by atoms with Crippen molar-refractivity contribution in [2.75, 3.05) is 13.1 Å². The van der Waals surface area contributed by atoms with Crippen LogP contribution < -0.4 is 0 Å². The van der Waals surface area contributed by atoms with Crippen LogP contribution in [0, 0.1) is 11.3 Å². The number of nitrogens with zero attached hydrogens (tertiary/aromatic N) is 1. The zero-order chi connectivity index (χ0) is 16.3. The van der Waals surface area contributed by atoms with Crippen molar-refractivity contribution in [1.29, 1.82) is 0 Å². The van der Waals surface area contributed by atoms with E-state index in [9.17, 15) is 4.79 Å². The quantitative estimate of drug-likeness (QED) is 0.575. The normalized spacial score (nSPS) is 17.3. The molecule has 1 aliphatic rings. The fraction of sp³-hybridized carbons (Fsp3) is 0.450. The molecule has 1 heterocycles. The van der Waals surface area contributed by atoms with Crippen LogP contribution in [0.4, 0.5) is 0 Å². The molecule has 1 aromatic carbocycles. The maximum absolute atomic E-state index is 12.2. The third kappa shape index (κ3) is 3.49. The maximum atomic E-state index is 12.2. The number of carbonyl (C=O) groups excluding carboxylic acids is 1. The first-order valence-electron chi connectivity index (χ1n) is 8.07. The van der Waals surface area contributed by atoms with Crippen molar-refractivity contribution in [2.45, 2.75) is 34.1 Å². The summed E-state index contributed by atoms with van der Waals surface area (Å²) in [5.41, 5.74) is 3.13. The summed E-state index contributed by atoms with van der Waals surface area (Å²) in [7, 11) is 0. The molecule has 0 N–H and O–H groups in total. The molecular weight excluding hydrogens is 270 g/mol. The maximum Gasteiger partial charge on any atom is 0.185 e. The van der Waals surface area contributed by atoms with Gasteiger partial charge < -0.3 is 4.90 Å². The Hall–Kier alpha value is -1.83. The molecule has 0 aromatic heterocycles. The molecular formula is C20H27NO. The highest BCUT2D eigenvalue weighted by molar-refractivity contribution is 6.07. The first-order valence-corrected chi connectivity index (χ1v) is 8.07. The van der Waals surface area contributed by atoms with Gasteiger partial charge in [-0.05, 0) is 35.0 Å². The van der Waals surface area contributed by atoms with Gasteiger partial charge in [0.15, 0.2) is 5.78 Å². The first-order chi connectivity index (χ1) is 10.3. The predicted octanol–water partition coefficient (Wildman–Crippen LogP) is 4.78. The number of benzene rings is 1. The Kier molecular flexibility index (Phi) is 4.90. The van der Waals surface area contributed by atoms with E-state index in [2.05, 4.69) is 51.4 Å². The number of hydrogen-bond acceptors (Lipinski definition) is 2. The van der Waals surface area contributed by atoms with Crippen molar-refractivity contribution < 1.29 is 4.79 Å². The molecule has 0 aliphatic carbocycles. The lowest BCUT2D eigenvalue weighted by molar-refractivity contribution is 0.104. The second kappa shape index (κ2) is 6.51. The molecule has 2 rings (SSSR count). The van der Waals surface area contributed by atoms with Crippen LogP contribution in [0.3, 0.4) is 0 Å². The average molecular weight is 297 g/mol. The standard InChI is InChI=1S/C20H27NO/c1-6-19(22)17-10-8-7-9-16(17)18-14-21(13-15(2)3)12-11-20(18,4)5/h6-10,14-15H,1,11-13H2,2-5H3. The van der Waals surface area contributed by atoms with E-state index < -0.39 is 0 Å². The molecule has 0 amide bonds. The lowest BCUT2D eigenvalue weighted by atomic mass is 9.74.